The predicted octanol–water partition coefficient (Wildman–Crippen LogP) is 3.04. The van der Waals surface area contributed by atoms with Gasteiger partial charge in [0.15, 0.2) is 0 Å². The fraction of sp³-hybridized carbons (Fsp3) is 0.353. The molecule has 122 valence electrons. The van der Waals surface area contributed by atoms with Crippen LogP contribution >= 0.6 is 11.6 Å². The highest BCUT2D eigenvalue weighted by molar-refractivity contribution is 6.33. The third kappa shape index (κ3) is 3.51. The van der Waals surface area contributed by atoms with Gasteiger partial charge in [-0.1, -0.05) is 23.7 Å². The van der Waals surface area contributed by atoms with Gasteiger partial charge in [0.25, 0.3) is 0 Å². The summed E-state index contributed by atoms with van der Waals surface area (Å²) in [6, 6.07) is 9.54. The molecule has 5 nitrogen and oxygen atoms in total. The molecule has 1 fully saturated rings. The zero-order valence-electron chi connectivity index (χ0n) is 13.0. The fourth-order valence-electron chi connectivity index (χ4n) is 2.81. The largest absolute Gasteiger partial charge is 0.467 e. The van der Waals surface area contributed by atoms with Crippen LogP contribution in [0, 0.1) is 0 Å². The van der Waals surface area contributed by atoms with Crippen molar-refractivity contribution in [1.29, 1.82) is 0 Å². The number of hydrogen-bond donors (Lipinski definition) is 0. The molecule has 0 amide bonds. The second kappa shape index (κ2) is 7.06. The molecule has 1 aromatic heterocycles. The summed E-state index contributed by atoms with van der Waals surface area (Å²) in [6.45, 7) is 4.14. The van der Waals surface area contributed by atoms with E-state index in [4.69, 9.17) is 20.8 Å². The summed E-state index contributed by atoms with van der Waals surface area (Å²) in [4.78, 5) is 16.2. The summed E-state index contributed by atoms with van der Waals surface area (Å²) >= 11 is 6.26. The Kier molecular flexibility index (Phi) is 4.88. The van der Waals surface area contributed by atoms with E-state index in [1.807, 2.05) is 24.3 Å². The second-order valence-electron chi connectivity index (χ2n) is 5.46. The smallest absolute Gasteiger partial charge is 0.341 e. The Morgan fingerprint density at radius 2 is 1.96 bits per heavy atom. The molecule has 1 aliphatic heterocycles. The normalized spacial score (nSPS) is 15.7. The topological polar surface area (TPSA) is 45.9 Å². The van der Waals surface area contributed by atoms with E-state index in [1.165, 1.54) is 13.4 Å². The highest BCUT2D eigenvalue weighted by Gasteiger charge is 2.22. The van der Waals surface area contributed by atoms with E-state index >= 15 is 0 Å². The van der Waals surface area contributed by atoms with Crippen LogP contribution in [0.25, 0.3) is 0 Å². The average molecular weight is 335 g/mol. The summed E-state index contributed by atoms with van der Waals surface area (Å²) in [7, 11) is 1.38. The van der Waals surface area contributed by atoms with Crippen LogP contribution in [-0.2, 0) is 11.3 Å². The summed E-state index contributed by atoms with van der Waals surface area (Å²) in [6.07, 6.45) is 1.53. The second-order valence-corrected chi connectivity index (χ2v) is 5.87. The van der Waals surface area contributed by atoms with Crippen LogP contribution < -0.4 is 4.90 Å². The minimum absolute atomic E-state index is 0.358. The maximum Gasteiger partial charge on any atom is 0.341 e. The third-order valence-electron chi connectivity index (χ3n) is 4.08. The third-order valence-corrected chi connectivity index (χ3v) is 4.40. The van der Waals surface area contributed by atoms with Crippen molar-refractivity contribution >= 4 is 23.3 Å². The fourth-order valence-corrected chi connectivity index (χ4v) is 3.07. The quantitative estimate of drug-likeness (QED) is 0.804. The van der Waals surface area contributed by atoms with Crippen LogP contribution in [0.3, 0.4) is 0 Å². The maximum atomic E-state index is 11.7. The summed E-state index contributed by atoms with van der Waals surface area (Å²) < 4.78 is 10.2. The van der Waals surface area contributed by atoms with Crippen molar-refractivity contribution in [2.45, 2.75) is 6.54 Å². The van der Waals surface area contributed by atoms with Gasteiger partial charge in [-0.2, -0.15) is 0 Å². The average Bonchev–Trinajstić information content (AvgIpc) is 3.03. The molecule has 1 aromatic carbocycles. The molecule has 6 heteroatoms. The summed E-state index contributed by atoms with van der Waals surface area (Å²) in [5.41, 5.74) is 1.57. The van der Waals surface area contributed by atoms with Gasteiger partial charge in [-0.3, -0.25) is 4.90 Å². The molecule has 23 heavy (non-hydrogen) atoms. The van der Waals surface area contributed by atoms with Crippen LogP contribution in [0.4, 0.5) is 5.69 Å². The first-order valence-corrected chi connectivity index (χ1v) is 7.93. The molecule has 0 aliphatic carbocycles. The van der Waals surface area contributed by atoms with Gasteiger partial charge in [-0.15, -0.1) is 0 Å². The van der Waals surface area contributed by atoms with E-state index in [9.17, 15) is 4.79 Å². The number of methoxy groups -OCH3 is 1. The minimum Gasteiger partial charge on any atom is -0.467 e. The number of anilines is 1. The van der Waals surface area contributed by atoms with E-state index < -0.39 is 0 Å². The molecule has 0 atom stereocenters. The van der Waals surface area contributed by atoms with Crippen LogP contribution in [0.1, 0.15) is 16.1 Å². The molecule has 1 aliphatic rings. The zero-order valence-corrected chi connectivity index (χ0v) is 13.8. The minimum atomic E-state index is -0.358. The van der Waals surface area contributed by atoms with Crippen LogP contribution in [0.2, 0.25) is 5.02 Å². The summed E-state index contributed by atoms with van der Waals surface area (Å²) in [5, 5.41) is 0.778. The molecule has 0 spiro atoms. The van der Waals surface area contributed by atoms with Crippen LogP contribution in [0.5, 0.6) is 0 Å². The van der Waals surface area contributed by atoms with Gasteiger partial charge >= 0.3 is 5.97 Å². The number of carbonyl (C=O) groups excluding carboxylic acids is 1. The van der Waals surface area contributed by atoms with Gasteiger partial charge in [-0.05, 0) is 18.2 Å². The first-order chi connectivity index (χ1) is 11.2. The van der Waals surface area contributed by atoms with Crippen LogP contribution in [0.15, 0.2) is 41.0 Å². The van der Waals surface area contributed by atoms with Crippen molar-refractivity contribution in [3.8, 4) is 0 Å². The summed E-state index contributed by atoms with van der Waals surface area (Å²) in [5.74, 6) is 0.298. The number of ether oxygens (including phenoxy) is 1. The predicted molar refractivity (Wildman–Crippen MR) is 89.0 cm³/mol. The number of halogens is 1. The van der Waals surface area contributed by atoms with Crippen molar-refractivity contribution in [1.82, 2.24) is 4.90 Å². The lowest BCUT2D eigenvalue weighted by molar-refractivity contribution is 0.0596. The van der Waals surface area contributed by atoms with Gasteiger partial charge in [0, 0.05) is 26.2 Å². The number of carbonyl (C=O) groups is 1. The van der Waals surface area contributed by atoms with Crippen LogP contribution in [-0.4, -0.2) is 44.2 Å². The molecular formula is C17H19ClN2O3. The zero-order chi connectivity index (χ0) is 16.2. The number of benzene rings is 1. The van der Waals surface area contributed by atoms with E-state index in [1.54, 1.807) is 6.07 Å². The number of furan rings is 1. The Morgan fingerprint density at radius 1 is 1.22 bits per heavy atom. The van der Waals surface area contributed by atoms with E-state index in [0.717, 1.165) is 36.9 Å². The van der Waals surface area contributed by atoms with Gasteiger partial charge in [0.05, 0.1) is 30.6 Å². The van der Waals surface area contributed by atoms with Gasteiger partial charge < -0.3 is 14.1 Å². The maximum absolute atomic E-state index is 11.7. The Morgan fingerprint density at radius 3 is 2.65 bits per heavy atom. The standard InChI is InChI=1S/C17H19ClN2O3/c1-22-17(21)13-6-11-23-16(13)12-19-7-9-20(10-8-19)15-5-3-2-4-14(15)18/h2-6,11H,7-10,12H2,1H3. The highest BCUT2D eigenvalue weighted by atomic mass is 35.5. The molecule has 3 rings (SSSR count). The van der Waals surface area contributed by atoms with E-state index in [-0.39, 0.29) is 5.97 Å². The molecule has 1 saturated heterocycles. The Labute approximate surface area is 140 Å². The first kappa shape index (κ1) is 15.9. The molecule has 0 bridgehead atoms. The van der Waals surface area contributed by atoms with Crippen molar-refractivity contribution in [2.24, 2.45) is 0 Å². The lowest BCUT2D eigenvalue weighted by Crippen LogP contribution is -2.46. The number of hydrogen-bond acceptors (Lipinski definition) is 5. The van der Waals surface area contributed by atoms with Crippen molar-refractivity contribution in [3.63, 3.8) is 0 Å². The Balaban J connectivity index is 1.61. The molecular weight excluding hydrogens is 316 g/mol. The van der Waals surface area contributed by atoms with Crippen molar-refractivity contribution < 1.29 is 13.9 Å². The first-order valence-electron chi connectivity index (χ1n) is 7.55. The molecule has 2 heterocycles. The molecule has 0 radical (unpaired) electrons. The number of piperazine rings is 1. The monoisotopic (exact) mass is 334 g/mol. The lowest BCUT2D eigenvalue weighted by atomic mass is 10.2. The van der Waals surface area contributed by atoms with Crippen molar-refractivity contribution in [3.05, 3.63) is 52.9 Å². The van der Waals surface area contributed by atoms with Gasteiger partial charge in [0.1, 0.15) is 11.3 Å². The molecule has 0 saturated carbocycles. The number of para-hydroxylation sites is 1. The Hall–Kier alpha value is -1.98. The number of esters is 1. The molecule has 2 aromatic rings. The molecule has 0 unspecified atom stereocenters. The highest BCUT2D eigenvalue weighted by Crippen LogP contribution is 2.26. The number of rotatable bonds is 4. The molecule has 0 N–H and O–H groups in total. The van der Waals surface area contributed by atoms with Gasteiger partial charge in [0.2, 0.25) is 0 Å². The van der Waals surface area contributed by atoms with E-state index in [0.29, 0.717) is 17.9 Å². The Bertz CT molecular complexity index is 678. The lowest BCUT2D eigenvalue weighted by Gasteiger charge is -2.36. The van der Waals surface area contributed by atoms with Crippen molar-refractivity contribution in [2.75, 3.05) is 38.2 Å². The SMILES string of the molecule is COC(=O)c1ccoc1CN1CCN(c2ccccc2Cl)CC1. The van der Waals surface area contributed by atoms with Gasteiger partial charge in [-0.25, -0.2) is 4.79 Å². The number of nitrogens with zero attached hydrogens (tertiary/aromatic N) is 2. The van der Waals surface area contributed by atoms with E-state index in [2.05, 4.69) is 9.80 Å².